The van der Waals surface area contributed by atoms with Gasteiger partial charge in [0.2, 0.25) is 0 Å². The molecule has 0 unspecified atom stereocenters. The predicted molar refractivity (Wildman–Crippen MR) is 90.4 cm³/mol. The molecular formula is C16H24N2O4S. The van der Waals surface area contributed by atoms with Gasteiger partial charge in [0.1, 0.15) is 11.5 Å². The Kier molecular flexibility index (Phi) is 5.64. The van der Waals surface area contributed by atoms with Crippen molar-refractivity contribution in [1.29, 1.82) is 0 Å². The van der Waals surface area contributed by atoms with Gasteiger partial charge in [-0.15, -0.1) is 0 Å². The van der Waals surface area contributed by atoms with E-state index in [2.05, 4.69) is 9.26 Å². The van der Waals surface area contributed by atoms with E-state index in [9.17, 15) is 9.00 Å². The maximum absolute atomic E-state index is 12.3. The molecule has 0 spiro atoms. The largest absolute Gasteiger partial charge is 0.497 e. The number of ether oxygens (including phenoxy) is 2. The second-order valence-electron chi connectivity index (χ2n) is 5.96. The highest BCUT2D eigenvalue weighted by molar-refractivity contribution is 7.92. The van der Waals surface area contributed by atoms with Crippen molar-refractivity contribution >= 4 is 15.6 Å². The van der Waals surface area contributed by atoms with Gasteiger partial charge in [0.05, 0.1) is 20.3 Å². The summed E-state index contributed by atoms with van der Waals surface area (Å²) >= 11 is 0. The average molecular weight is 340 g/mol. The van der Waals surface area contributed by atoms with Crippen molar-refractivity contribution in [1.82, 2.24) is 4.90 Å². The van der Waals surface area contributed by atoms with Crippen LogP contribution in [0.3, 0.4) is 0 Å². The van der Waals surface area contributed by atoms with Gasteiger partial charge in [-0.1, -0.05) is 0 Å². The molecule has 0 aromatic heterocycles. The molecule has 0 bridgehead atoms. The Morgan fingerprint density at radius 3 is 2.39 bits per heavy atom. The lowest BCUT2D eigenvalue weighted by atomic mass is 10.1. The Balaban J connectivity index is 2.19. The molecule has 128 valence electrons. The van der Waals surface area contributed by atoms with E-state index in [0.717, 1.165) is 36.4 Å². The molecule has 6 nitrogen and oxygen atoms in total. The zero-order valence-electron chi connectivity index (χ0n) is 14.1. The average Bonchev–Trinajstić information content (AvgIpc) is 2.93. The zero-order chi connectivity index (χ0) is 17.0. The number of benzene rings is 1. The highest BCUT2D eigenvalue weighted by Gasteiger charge is 2.31. The highest BCUT2D eigenvalue weighted by atomic mass is 32.2. The molecule has 23 heavy (non-hydrogen) atoms. The third-order valence-corrected chi connectivity index (χ3v) is 4.38. The predicted octanol–water partition coefficient (Wildman–Crippen LogP) is 1.92. The molecule has 1 amide bonds. The fourth-order valence-electron chi connectivity index (χ4n) is 2.76. The van der Waals surface area contributed by atoms with Gasteiger partial charge in [-0.05, 0) is 37.1 Å². The van der Waals surface area contributed by atoms with Crippen molar-refractivity contribution < 1.29 is 18.5 Å². The Morgan fingerprint density at radius 2 is 1.87 bits per heavy atom. The van der Waals surface area contributed by atoms with E-state index in [1.54, 1.807) is 14.2 Å². The normalized spacial score (nSPS) is 18.7. The van der Waals surface area contributed by atoms with Crippen LogP contribution in [0.4, 0.5) is 0 Å². The molecular weight excluding hydrogens is 316 g/mol. The molecule has 2 rings (SSSR count). The van der Waals surface area contributed by atoms with Crippen molar-refractivity contribution in [2.75, 3.05) is 33.3 Å². The van der Waals surface area contributed by atoms with Crippen molar-refractivity contribution in [3.63, 3.8) is 0 Å². The van der Waals surface area contributed by atoms with Crippen LogP contribution in [0.25, 0.3) is 0 Å². The van der Waals surface area contributed by atoms with Gasteiger partial charge >= 0.3 is 0 Å². The number of rotatable bonds is 5. The lowest BCUT2D eigenvalue weighted by molar-refractivity contribution is -0.122. The van der Waals surface area contributed by atoms with E-state index < -0.39 is 9.73 Å². The Labute approximate surface area is 138 Å². The summed E-state index contributed by atoms with van der Waals surface area (Å²) in [7, 11) is 0.800. The van der Waals surface area contributed by atoms with Crippen LogP contribution in [0.5, 0.6) is 11.5 Å². The molecule has 7 heteroatoms. The molecule has 1 atom stereocenters. The van der Waals surface area contributed by atoms with E-state index in [0.29, 0.717) is 6.54 Å². The smallest absolute Gasteiger partial charge is 0.271 e. The van der Waals surface area contributed by atoms with Gasteiger partial charge in [-0.3, -0.25) is 9.69 Å². The molecule has 1 aliphatic heterocycles. The second kappa shape index (κ2) is 7.31. The van der Waals surface area contributed by atoms with E-state index >= 15 is 0 Å². The summed E-state index contributed by atoms with van der Waals surface area (Å²) in [4.78, 5) is 14.3. The Morgan fingerprint density at radius 1 is 1.26 bits per heavy atom. The first-order valence-corrected chi connectivity index (χ1v) is 9.82. The summed E-state index contributed by atoms with van der Waals surface area (Å²) in [5.41, 5.74) is 1.01. The number of carbonyl (C=O) groups is 1. The highest BCUT2D eigenvalue weighted by Crippen LogP contribution is 2.26. The summed E-state index contributed by atoms with van der Waals surface area (Å²) in [5, 5.41) is 0. The molecule has 1 aromatic carbocycles. The van der Waals surface area contributed by atoms with E-state index in [4.69, 9.17) is 9.47 Å². The lowest BCUT2D eigenvalue weighted by Crippen LogP contribution is -2.35. The number of hydrogen-bond acceptors (Lipinski definition) is 5. The van der Waals surface area contributed by atoms with E-state index in [-0.39, 0.29) is 11.9 Å². The summed E-state index contributed by atoms with van der Waals surface area (Å²) in [6.45, 7) is 1.42. The first-order chi connectivity index (χ1) is 10.8. The third-order valence-electron chi connectivity index (χ3n) is 3.76. The van der Waals surface area contributed by atoms with Crippen molar-refractivity contribution in [2.45, 2.75) is 25.4 Å². The zero-order valence-corrected chi connectivity index (χ0v) is 14.9. The number of hydrogen-bond donors (Lipinski definition) is 0. The van der Waals surface area contributed by atoms with Crippen molar-refractivity contribution in [2.24, 2.45) is 4.36 Å². The second-order valence-corrected chi connectivity index (χ2v) is 8.51. The van der Waals surface area contributed by atoms with Crippen molar-refractivity contribution in [3.8, 4) is 11.5 Å². The third kappa shape index (κ3) is 4.94. The van der Waals surface area contributed by atoms with Crippen LogP contribution in [-0.4, -0.2) is 54.3 Å². The Hall–Kier alpha value is -1.60. The number of amides is 1. The standard InChI is InChI=1S/C16H24N2O4S/c1-21-13-8-12(9-14(10-13)22-2)11-18-7-5-6-15(18)16(19)17-23(3,4)20/h8-10,15H,5-7,11H2,1-4H3/t15-/m0/s1. The van der Waals surface area contributed by atoms with Crippen LogP contribution in [0.1, 0.15) is 18.4 Å². The minimum atomic E-state index is -2.42. The fourth-order valence-corrected chi connectivity index (χ4v) is 3.32. The SMILES string of the molecule is COc1cc(CN2CCC[C@H]2C(=O)N=S(C)(C)=O)cc(OC)c1. The molecule has 1 aliphatic rings. The van der Waals surface area contributed by atoms with Crippen molar-refractivity contribution in [3.05, 3.63) is 23.8 Å². The van der Waals surface area contributed by atoms with Gasteiger partial charge in [0.25, 0.3) is 5.91 Å². The molecule has 1 saturated heterocycles. The van der Waals surface area contributed by atoms with Gasteiger partial charge < -0.3 is 9.47 Å². The number of nitrogens with zero attached hydrogens (tertiary/aromatic N) is 2. The van der Waals surface area contributed by atoms with Crippen LogP contribution < -0.4 is 9.47 Å². The van der Waals surface area contributed by atoms with Crippen LogP contribution in [0.15, 0.2) is 22.6 Å². The molecule has 0 N–H and O–H groups in total. The monoisotopic (exact) mass is 340 g/mol. The molecule has 1 fully saturated rings. The maximum Gasteiger partial charge on any atom is 0.271 e. The number of carbonyl (C=O) groups excluding carboxylic acids is 1. The van der Waals surface area contributed by atoms with Gasteiger partial charge in [-0.25, -0.2) is 4.21 Å². The summed E-state index contributed by atoms with van der Waals surface area (Å²) < 4.78 is 26.2. The van der Waals surface area contributed by atoms with Gasteiger partial charge in [-0.2, -0.15) is 4.36 Å². The summed E-state index contributed by atoms with van der Waals surface area (Å²) in [6.07, 6.45) is 4.65. The Bertz CT molecular complexity index is 665. The number of methoxy groups -OCH3 is 2. The summed E-state index contributed by atoms with van der Waals surface area (Å²) in [5.74, 6) is 1.15. The molecule has 1 heterocycles. The molecule has 0 radical (unpaired) electrons. The van der Waals surface area contributed by atoms with Crippen LogP contribution in [-0.2, 0) is 21.1 Å². The lowest BCUT2D eigenvalue weighted by Gasteiger charge is -2.22. The van der Waals surface area contributed by atoms with Gasteiger partial charge in [0, 0.05) is 34.9 Å². The number of likely N-dealkylation sites (tertiary alicyclic amines) is 1. The minimum absolute atomic E-state index is 0.285. The van der Waals surface area contributed by atoms with E-state index in [1.807, 2.05) is 18.2 Å². The summed E-state index contributed by atoms with van der Waals surface area (Å²) in [6, 6.07) is 5.38. The van der Waals surface area contributed by atoms with E-state index in [1.165, 1.54) is 12.5 Å². The quantitative estimate of drug-likeness (QED) is 0.819. The first kappa shape index (κ1) is 17.7. The molecule has 1 aromatic rings. The molecule has 0 saturated carbocycles. The molecule has 0 aliphatic carbocycles. The topological polar surface area (TPSA) is 68.2 Å². The van der Waals surface area contributed by atoms with Crippen LogP contribution >= 0.6 is 0 Å². The van der Waals surface area contributed by atoms with Gasteiger partial charge in [0.15, 0.2) is 0 Å². The minimum Gasteiger partial charge on any atom is -0.497 e. The van der Waals surface area contributed by atoms with Crippen LogP contribution in [0, 0.1) is 0 Å². The first-order valence-electron chi connectivity index (χ1n) is 7.49. The van der Waals surface area contributed by atoms with Crippen LogP contribution in [0.2, 0.25) is 0 Å². The maximum atomic E-state index is 12.3. The fraction of sp³-hybridized carbons (Fsp3) is 0.562.